The summed E-state index contributed by atoms with van der Waals surface area (Å²) in [6, 6.07) is 0. The van der Waals surface area contributed by atoms with Gasteiger partial charge in [-0.05, 0) is 32.1 Å². The molecule has 0 spiro atoms. The molecule has 4 nitrogen and oxygen atoms in total. The van der Waals surface area contributed by atoms with Crippen molar-refractivity contribution in [2.45, 2.75) is 97.0 Å². The number of ether oxygens (including phenoxy) is 2. The highest BCUT2D eigenvalue weighted by molar-refractivity contribution is 5.69. The number of carbonyl (C=O) groups is 2. The first-order valence-corrected chi connectivity index (χ1v) is 8.84. The van der Waals surface area contributed by atoms with Gasteiger partial charge in [0.25, 0.3) is 0 Å². The smallest absolute Gasteiger partial charge is 0.305 e. The van der Waals surface area contributed by atoms with E-state index in [4.69, 9.17) is 4.74 Å². The van der Waals surface area contributed by atoms with Crippen molar-refractivity contribution in [3.8, 4) is 0 Å². The van der Waals surface area contributed by atoms with E-state index in [1.54, 1.807) is 0 Å². The number of hydrogen-bond donors (Lipinski definition) is 0. The lowest BCUT2D eigenvalue weighted by atomic mass is 10.0. The van der Waals surface area contributed by atoms with E-state index >= 15 is 0 Å². The van der Waals surface area contributed by atoms with Crippen LogP contribution in [0.4, 0.5) is 0 Å². The predicted octanol–water partition coefficient (Wildman–Crippen LogP) is 4.79. The SMILES string of the molecule is CCCCCCCCCC(CCCCC(=O)OC)OC(C)=O. The van der Waals surface area contributed by atoms with Crippen LogP contribution in [0, 0.1) is 0 Å². The van der Waals surface area contributed by atoms with Crippen molar-refractivity contribution in [3.63, 3.8) is 0 Å². The number of methoxy groups -OCH3 is 1. The molecule has 130 valence electrons. The summed E-state index contributed by atoms with van der Waals surface area (Å²) in [6.07, 6.45) is 12.8. The van der Waals surface area contributed by atoms with E-state index in [0.29, 0.717) is 6.42 Å². The molecule has 22 heavy (non-hydrogen) atoms. The minimum atomic E-state index is -0.207. The fraction of sp³-hybridized carbons (Fsp3) is 0.889. The lowest BCUT2D eigenvalue weighted by Crippen LogP contribution is -2.16. The summed E-state index contributed by atoms with van der Waals surface area (Å²) in [5, 5.41) is 0. The molecule has 0 N–H and O–H groups in total. The van der Waals surface area contributed by atoms with Crippen LogP contribution in [0.25, 0.3) is 0 Å². The van der Waals surface area contributed by atoms with Crippen LogP contribution in [0.5, 0.6) is 0 Å². The Balaban J connectivity index is 3.74. The number of rotatable bonds is 14. The minimum Gasteiger partial charge on any atom is -0.469 e. The van der Waals surface area contributed by atoms with E-state index in [9.17, 15) is 9.59 Å². The van der Waals surface area contributed by atoms with Gasteiger partial charge in [-0.25, -0.2) is 0 Å². The summed E-state index contributed by atoms with van der Waals surface area (Å²) >= 11 is 0. The van der Waals surface area contributed by atoms with Crippen molar-refractivity contribution in [2.75, 3.05) is 7.11 Å². The Morgan fingerprint density at radius 3 is 1.95 bits per heavy atom. The zero-order chi connectivity index (χ0) is 16.6. The third-order valence-corrected chi connectivity index (χ3v) is 3.85. The second-order valence-corrected chi connectivity index (χ2v) is 5.96. The maximum absolute atomic E-state index is 11.2. The molecule has 0 heterocycles. The number of hydrogen-bond acceptors (Lipinski definition) is 4. The van der Waals surface area contributed by atoms with Crippen LogP contribution in [0.1, 0.15) is 90.9 Å². The highest BCUT2D eigenvalue weighted by Crippen LogP contribution is 2.16. The molecule has 0 radical (unpaired) electrons. The van der Waals surface area contributed by atoms with Gasteiger partial charge in [-0.3, -0.25) is 9.59 Å². The zero-order valence-corrected chi connectivity index (χ0v) is 14.7. The van der Waals surface area contributed by atoms with Gasteiger partial charge in [0.15, 0.2) is 0 Å². The van der Waals surface area contributed by atoms with E-state index in [1.165, 1.54) is 52.6 Å². The fourth-order valence-electron chi connectivity index (χ4n) is 2.57. The van der Waals surface area contributed by atoms with Crippen molar-refractivity contribution in [2.24, 2.45) is 0 Å². The fourth-order valence-corrected chi connectivity index (χ4v) is 2.57. The van der Waals surface area contributed by atoms with Gasteiger partial charge in [0, 0.05) is 13.3 Å². The van der Waals surface area contributed by atoms with Crippen molar-refractivity contribution in [1.82, 2.24) is 0 Å². The number of carbonyl (C=O) groups excluding carboxylic acids is 2. The molecule has 0 aliphatic heterocycles. The second-order valence-electron chi connectivity index (χ2n) is 5.96. The van der Waals surface area contributed by atoms with Crippen molar-refractivity contribution >= 4 is 11.9 Å². The van der Waals surface area contributed by atoms with E-state index < -0.39 is 0 Å². The van der Waals surface area contributed by atoms with Gasteiger partial charge in [-0.15, -0.1) is 0 Å². The summed E-state index contributed by atoms with van der Waals surface area (Å²) in [7, 11) is 1.41. The summed E-state index contributed by atoms with van der Waals surface area (Å²) in [4.78, 5) is 22.2. The molecule has 0 aromatic rings. The first-order valence-electron chi connectivity index (χ1n) is 8.84. The second kappa shape index (κ2) is 14.9. The molecule has 1 unspecified atom stereocenters. The molecule has 0 aromatic heterocycles. The van der Waals surface area contributed by atoms with Gasteiger partial charge in [0.1, 0.15) is 6.10 Å². The summed E-state index contributed by atoms with van der Waals surface area (Å²) in [5.74, 6) is -0.378. The topological polar surface area (TPSA) is 52.6 Å². The molecular formula is C18H34O4. The third kappa shape index (κ3) is 13.9. The summed E-state index contributed by atoms with van der Waals surface area (Å²) in [5.41, 5.74) is 0. The van der Waals surface area contributed by atoms with Crippen molar-refractivity contribution in [1.29, 1.82) is 0 Å². The quantitative estimate of drug-likeness (QED) is 0.341. The Kier molecular flexibility index (Phi) is 14.1. The van der Waals surface area contributed by atoms with Gasteiger partial charge >= 0.3 is 11.9 Å². The molecule has 1 atom stereocenters. The maximum Gasteiger partial charge on any atom is 0.305 e. The van der Waals surface area contributed by atoms with Crippen LogP contribution in [0.15, 0.2) is 0 Å². The summed E-state index contributed by atoms with van der Waals surface area (Å²) < 4.78 is 9.99. The molecule has 0 aliphatic rings. The third-order valence-electron chi connectivity index (χ3n) is 3.85. The number of unbranched alkanes of at least 4 members (excludes halogenated alkanes) is 7. The van der Waals surface area contributed by atoms with Crippen LogP contribution in [-0.2, 0) is 19.1 Å². The van der Waals surface area contributed by atoms with Crippen LogP contribution < -0.4 is 0 Å². The first kappa shape index (κ1) is 20.9. The lowest BCUT2D eigenvalue weighted by molar-refractivity contribution is -0.147. The Morgan fingerprint density at radius 1 is 0.864 bits per heavy atom. The Hall–Kier alpha value is -1.06. The van der Waals surface area contributed by atoms with Gasteiger partial charge in [0.05, 0.1) is 7.11 Å². The molecular weight excluding hydrogens is 280 g/mol. The van der Waals surface area contributed by atoms with Crippen LogP contribution in [0.2, 0.25) is 0 Å². The van der Waals surface area contributed by atoms with E-state index in [2.05, 4.69) is 11.7 Å². The molecule has 0 fully saturated rings. The highest BCUT2D eigenvalue weighted by Gasteiger charge is 2.12. The van der Waals surface area contributed by atoms with E-state index in [-0.39, 0.29) is 18.0 Å². The molecule has 0 saturated heterocycles. The van der Waals surface area contributed by atoms with Crippen molar-refractivity contribution in [3.05, 3.63) is 0 Å². The van der Waals surface area contributed by atoms with E-state index in [0.717, 1.165) is 32.1 Å². The van der Waals surface area contributed by atoms with Crippen LogP contribution in [-0.4, -0.2) is 25.2 Å². The predicted molar refractivity (Wildman–Crippen MR) is 88.6 cm³/mol. The summed E-state index contributed by atoms with van der Waals surface area (Å²) in [6.45, 7) is 3.69. The molecule has 4 heteroatoms. The zero-order valence-electron chi connectivity index (χ0n) is 14.7. The van der Waals surface area contributed by atoms with Gasteiger partial charge in [-0.2, -0.15) is 0 Å². The molecule has 0 aliphatic carbocycles. The van der Waals surface area contributed by atoms with Crippen LogP contribution >= 0.6 is 0 Å². The monoisotopic (exact) mass is 314 g/mol. The van der Waals surface area contributed by atoms with Crippen molar-refractivity contribution < 1.29 is 19.1 Å². The van der Waals surface area contributed by atoms with Crippen LogP contribution in [0.3, 0.4) is 0 Å². The Bertz CT molecular complexity index is 289. The van der Waals surface area contributed by atoms with Gasteiger partial charge < -0.3 is 9.47 Å². The molecule has 0 saturated carbocycles. The van der Waals surface area contributed by atoms with Gasteiger partial charge in [0.2, 0.25) is 0 Å². The average molecular weight is 314 g/mol. The standard InChI is InChI=1S/C18H34O4/c1-4-5-6-7-8-9-10-13-17(22-16(2)19)14-11-12-15-18(20)21-3/h17H,4-15H2,1-3H3. The molecule has 0 rings (SSSR count). The Labute approximate surface area is 135 Å². The van der Waals surface area contributed by atoms with Gasteiger partial charge in [-0.1, -0.05) is 45.4 Å². The Morgan fingerprint density at radius 2 is 1.41 bits per heavy atom. The first-order chi connectivity index (χ1) is 10.6. The van der Waals surface area contributed by atoms with E-state index in [1.807, 2.05) is 0 Å². The molecule has 0 aromatic carbocycles. The maximum atomic E-state index is 11.2. The molecule has 0 amide bonds. The number of esters is 2. The lowest BCUT2D eigenvalue weighted by Gasteiger charge is -2.16. The molecule has 0 bridgehead atoms. The minimum absolute atomic E-state index is 0.00536. The largest absolute Gasteiger partial charge is 0.469 e. The average Bonchev–Trinajstić information content (AvgIpc) is 2.49. The highest BCUT2D eigenvalue weighted by atomic mass is 16.5. The normalized spacial score (nSPS) is 12.0.